The van der Waals surface area contributed by atoms with Crippen LogP contribution >= 0.6 is 15.9 Å². The van der Waals surface area contributed by atoms with E-state index in [0.717, 1.165) is 5.69 Å². The second-order valence-corrected chi connectivity index (χ2v) is 4.74. The SMILES string of the molecule is Cc1ccc(C(=O)N2CC[C@@H](O)C2)c(Br)n1. The molecule has 1 saturated heterocycles. The Morgan fingerprint density at radius 2 is 2.38 bits per heavy atom. The molecule has 1 amide bonds. The summed E-state index contributed by atoms with van der Waals surface area (Å²) in [6.07, 6.45) is 0.268. The summed E-state index contributed by atoms with van der Waals surface area (Å²) in [7, 11) is 0. The van der Waals surface area contributed by atoms with Gasteiger partial charge in [0.05, 0.1) is 11.7 Å². The molecule has 1 fully saturated rings. The lowest BCUT2D eigenvalue weighted by Crippen LogP contribution is -2.30. The number of carbonyl (C=O) groups is 1. The predicted octanol–water partition coefficient (Wildman–Crippen LogP) is 1.36. The van der Waals surface area contributed by atoms with Crippen molar-refractivity contribution in [2.75, 3.05) is 13.1 Å². The van der Waals surface area contributed by atoms with Crippen LogP contribution in [-0.4, -0.2) is 40.1 Å². The van der Waals surface area contributed by atoms with Crippen molar-refractivity contribution >= 4 is 21.8 Å². The number of carbonyl (C=O) groups excluding carboxylic acids is 1. The topological polar surface area (TPSA) is 53.4 Å². The van der Waals surface area contributed by atoms with Gasteiger partial charge in [-0.25, -0.2) is 4.98 Å². The van der Waals surface area contributed by atoms with E-state index in [-0.39, 0.29) is 12.0 Å². The van der Waals surface area contributed by atoms with Gasteiger partial charge in [-0.2, -0.15) is 0 Å². The Kier molecular flexibility index (Phi) is 3.25. The molecule has 0 spiro atoms. The van der Waals surface area contributed by atoms with Gasteiger partial charge in [0.15, 0.2) is 0 Å². The van der Waals surface area contributed by atoms with Crippen LogP contribution in [0.3, 0.4) is 0 Å². The van der Waals surface area contributed by atoms with Crippen molar-refractivity contribution in [3.05, 3.63) is 28.0 Å². The van der Waals surface area contributed by atoms with Gasteiger partial charge in [-0.1, -0.05) is 0 Å². The number of hydrogen-bond acceptors (Lipinski definition) is 3. The molecule has 0 bridgehead atoms. The molecule has 4 nitrogen and oxygen atoms in total. The highest BCUT2D eigenvalue weighted by Gasteiger charge is 2.26. The van der Waals surface area contributed by atoms with Crippen LogP contribution in [0.2, 0.25) is 0 Å². The molecule has 0 unspecified atom stereocenters. The molecule has 0 aromatic carbocycles. The number of rotatable bonds is 1. The fraction of sp³-hybridized carbons (Fsp3) is 0.455. The number of nitrogens with zero attached hydrogens (tertiary/aromatic N) is 2. The van der Waals surface area contributed by atoms with Crippen molar-refractivity contribution in [1.82, 2.24) is 9.88 Å². The fourth-order valence-corrected chi connectivity index (χ4v) is 2.36. The van der Waals surface area contributed by atoms with Gasteiger partial charge < -0.3 is 10.0 Å². The summed E-state index contributed by atoms with van der Waals surface area (Å²) in [6.45, 7) is 2.90. The fourth-order valence-electron chi connectivity index (χ4n) is 1.78. The van der Waals surface area contributed by atoms with E-state index < -0.39 is 0 Å². The Bertz CT molecular complexity index is 422. The Morgan fingerprint density at radius 1 is 1.62 bits per heavy atom. The van der Waals surface area contributed by atoms with Crippen molar-refractivity contribution in [2.24, 2.45) is 0 Å². The molecule has 1 atom stereocenters. The third-order valence-electron chi connectivity index (χ3n) is 2.67. The van der Waals surface area contributed by atoms with Crippen LogP contribution in [0.1, 0.15) is 22.5 Å². The molecule has 86 valence electrons. The molecule has 16 heavy (non-hydrogen) atoms. The summed E-state index contributed by atoms with van der Waals surface area (Å²) in [5.74, 6) is -0.0732. The van der Waals surface area contributed by atoms with Gasteiger partial charge in [0.2, 0.25) is 0 Å². The maximum Gasteiger partial charge on any atom is 0.256 e. The average molecular weight is 285 g/mol. The smallest absolute Gasteiger partial charge is 0.256 e. The Balaban J connectivity index is 2.21. The normalized spacial score (nSPS) is 20.2. The van der Waals surface area contributed by atoms with Crippen molar-refractivity contribution in [3.8, 4) is 0 Å². The van der Waals surface area contributed by atoms with E-state index >= 15 is 0 Å². The lowest BCUT2D eigenvalue weighted by atomic mass is 10.2. The third kappa shape index (κ3) is 2.25. The Morgan fingerprint density at radius 3 is 2.94 bits per heavy atom. The largest absolute Gasteiger partial charge is 0.391 e. The molecule has 0 saturated carbocycles. The molecule has 1 aliphatic rings. The van der Waals surface area contributed by atoms with E-state index in [2.05, 4.69) is 20.9 Å². The third-order valence-corrected chi connectivity index (χ3v) is 3.27. The number of halogens is 1. The number of β-amino-alcohol motifs (C(OH)–C–C–N with tert-alkyl or cyclic N) is 1. The zero-order valence-electron chi connectivity index (χ0n) is 8.98. The molecule has 0 aliphatic carbocycles. The van der Waals surface area contributed by atoms with E-state index in [1.165, 1.54) is 0 Å². The molecule has 2 heterocycles. The van der Waals surface area contributed by atoms with E-state index in [1.807, 2.05) is 13.0 Å². The van der Waals surface area contributed by atoms with Crippen LogP contribution in [0.15, 0.2) is 16.7 Å². The van der Waals surface area contributed by atoms with Crippen molar-refractivity contribution < 1.29 is 9.90 Å². The highest BCUT2D eigenvalue weighted by atomic mass is 79.9. The van der Waals surface area contributed by atoms with E-state index in [0.29, 0.717) is 29.7 Å². The minimum Gasteiger partial charge on any atom is -0.391 e. The number of aromatic nitrogens is 1. The molecular weight excluding hydrogens is 272 g/mol. The van der Waals surface area contributed by atoms with Gasteiger partial charge in [0, 0.05) is 18.8 Å². The number of pyridine rings is 1. The number of aryl methyl sites for hydroxylation is 1. The number of aliphatic hydroxyl groups is 1. The minimum absolute atomic E-state index is 0.0732. The van der Waals surface area contributed by atoms with E-state index in [1.54, 1.807) is 11.0 Å². The summed E-state index contributed by atoms with van der Waals surface area (Å²) in [5, 5.41) is 9.39. The number of aliphatic hydroxyl groups excluding tert-OH is 1. The first-order valence-corrected chi connectivity index (χ1v) is 5.97. The molecule has 1 aromatic rings. The maximum atomic E-state index is 12.1. The van der Waals surface area contributed by atoms with Gasteiger partial charge in [-0.15, -0.1) is 0 Å². The van der Waals surface area contributed by atoms with Gasteiger partial charge in [-0.05, 0) is 41.4 Å². The highest BCUT2D eigenvalue weighted by Crippen LogP contribution is 2.19. The van der Waals surface area contributed by atoms with Gasteiger partial charge in [-0.3, -0.25) is 4.79 Å². The van der Waals surface area contributed by atoms with Crippen LogP contribution in [-0.2, 0) is 0 Å². The molecule has 5 heteroatoms. The predicted molar refractivity (Wildman–Crippen MR) is 63.2 cm³/mol. The standard InChI is InChI=1S/C11H13BrN2O2/c1-7-2-3-9(10(12)13-7)11(16)14-5-4-8(15)6-14/h2-3,8,15H,4-6H2,1H3/t8-/m1/s1. The zero-order chi connectivity index (χ0) is 11.7. The van der Waals surface area contributed by atoms with E-state index in [9.17, 15) is 9.90 Å². The van der Waals surface area contributed by atoms with Crippen LogP contribution < -0.4 is 0 Å². The number of amides is 1. The second kappa shape index (κ2) is 4.51. The summed E-state index contributed by atoms with van der Waals surface area (Å²) in [5.41, 5.74) is 1.42. The van der Waals surface area contributed by atoms with Gasteiger partial charge in [0.1, 0.15) is 4.60 Å². The summed E-state index contributed by atoms with van der Waals surface area (Å²) >= 11 is 3.29. The average Bonchev–Trinajstić information content (AvgIpc) is 2.64. The lowest BCUT2D eigenvalue weighted by molar-refractivity contribution is 0.0763. The minimum atomic E-state index is -0.388. The highest BCUT2D eigenvalue weighted by molar-refractivity contribution is 9.10. The Labute approximate surface area is 102 Å². The number of likely N-dealkylation sites (tertiary alicyclic amines) is 1. The molecule has 1 aliphatic heterocycles. The van der Waals surface area contributed by atoms with Crippen LogP contribution in [0.25, 0.3) is 0 Å². The molecular formula is C11H13BrN2O2. The molecule has 2 rings (SSSR count). The quantitative estimate of drug-likeness (QED) is 0.793. The first-order chi connectivity index (χ1) is 7.58. The monoisotopic (exact) mass is 284 g/mol. The van der Waals surface area contributed by atoms with Crippen molar-refractivity contribution in [1.29, 1.82) is 0 Å². The first kappa shape index (κ1) is 11.5. The van der Waals surface area contributed by atoms with Gasteiger partial charge in [0.25, 0.3) is 5.91 Å². The van der Waals surface area contributed by atoms with Crippen molar-refractivity contribution in [3.63, 3.8) is 0 Å². The Hall–Kier alpha value is -0.940. The summed E-state index contributed by atoms with van der Waals surface area (Å²) < 4.78 is 0.568. The maximum absolute atomic E-state index is 12.1. The summed E-state index contributed by atoms with van der Waals surface area (Å²) in [4.78, 5) is 17.9. The van der Waals surface area contributed by atoms with Crippen molar-refractivity contribution in [2.45, 2.75) is 19.4 Å². The first-order valence-electron chi connectivity index (χ1n) is 5.18. The molecule has 1 N–H and O–H groups in total. The zero-order valence-corrected chi connectivity index (χ0v) is 10.6. The molecule has 0 radical (unpaired) electrons. The van der Waals surface area contributed by atoms with Crippen LogP contribution in [0, 0.1) is 6.92 Å². The summed E-state index contributed by atoms with van der Waals surface area (Å²) in [6, 6.07) is 3.57. The van der Waals surface area contributed by atoms with Crippen LogP contribution in [0.5, 0.6) is 0 Å². The van der Waals surface area contributed by atoms with Crippen LogP contribution in [0.4, 0.5) is 0 Å². The van der Waals surface area contributed by atoms with E-state index in [4.69, 9.17) is 0 Å². The second-order valence-electron chi connectivity index (χ2n) is 3.98. The number of hydrogen-bond donors (Lipinski definition) is 1. The molecule has 1 aromatic heterocycles. The van der Waals surface area contributed by atoms with Gasteiger partial charge >= 0.3 is 0 Å². The lowest BCUT2D eigenvalue weighted by Gasteiger charge is -2.16.